The zero-order valence-corrected chi connectivity index (χ0v) is 12.4. The standard InChI is InChI=1S/C11H15N3O3S2/c1-4-5(2)18-8-7(4)9(15)14(12)11(13-8)19-6(3)10(16)17/h6,11,13H,12H2,1-3H3,(H,16,17). The predicted molar refractivity (Wildman–Crippen MR) is 76.2 cm³/mol. The molecular formula is C11H15N3O3S2. The molecule has 0 bridgehead atoms. The van der Waals surface area contributed by atoms with Crippen LogP contribution >= 0.6 is 23.1 Å². The lowest BCUT2D eigenvalue weighted by Gasteiger charge is -2.33. The van der Waals surface area contributed by atoms with Crippen molar-refractivity contribution in [1.29, 1.82) is 0 Å². The minimum Gasteiger partial charge on any atom is -0.480 e. The highest BCUT2D eigenvalue weighted by Gasteiger charge is 2.35. The number of aliphatic carboxylic acids is 1. The molecule has 2 atom stereocenters. The van der Waals surface area contributed by atoms with Gasteiger partial charge in [0.05, 0.1) is 5.56 Å². The molecule has 0 radical (unpaired) electrons. The van der Waals surface area contributed by atoms with E-state index in [1.165, 1.54) is 11.3 Å². The smallest absolute Gasteiger partial charge is 0.316 e. The quantitative estimate of drug-likeness (QED) is 0.580. The number of nitrogens with two attached hydrogens (primary N) is 1. The number of hydrogen-bond acceptors (Lipinski definition) is 6. The first kappa shape index (κ1) is 14.2. The molecule has 6 nitrogen and oxygen atoms in total. The van der Waals surface area contributed by atoms with Crippen LogP contribution in [0.3, 0.4) is 0 Å². The van der Waals surface area contributed by atoms with Gasteiger partial charge in [0.1, 0.15) is 10.3 Å². The number of carbonyl (C=O) groups excluding carboxylic acids is 1. The van der Waals surface area contributed by atoms with Crippen molar-refractivity contribution >= 4 is 40.0 Å². The van der Waals surface area contributed by atoms with Crippen LogP contribution in [0, 0.1) is 13.8 Å². The molecule has 4 N–H and O–H groups in total. The Morgan fingerprint density at radius 2 is 2.21 bits per heavy atom. The Bertz CT molecular complexity index is 544. The lowest BCUT2D eigenvalue weighted by Crippen LogP contribution is -2.51. The normalized spacial score (nSPS) is 19.9. The first-order valence-corrected chi connectivity index (χ1v) is 7.42. The largest absolute Gasteiger partial charge is 0.480 e. The third-order valence-corrected chi connectivity index (χ3v) is 5.37. The van der Waals surface area contributed by atoms with Gasteiger partial charge in [0.25, 0.3) is 5.91 Å². The van der Waals surface area contributed by atoms with E-state index in [-0.39, 0.29) is 5.91 Å². The van der Waals surface area contributed by atoms with Crippen molar-refractivity contribution in [2.24, 2.45) is 5.84 Å². The minimum absolute atomic E-state index is 0.273. The fourth-order valence-electron chi connectivity index (χ4n) is 1.75. The van der Waals surface area contributed by atoms with Crippen molar-refractivity contribution < 1.29 is 14.7 Å². The van der Waals surface area contributed by atoms with E-state index in [1.807, 2.05) is 13.8 Å². The number of nitrogens with zero attached hydrogens (tertiary/aromatic N) is 1. The van der Waals surface area contributed by atoms with Crippen LogP contribution in [0.15, 0.2) is 0 Å². The van der Waals surface area contributed by atoms with Gasteiger partial charge in [0.15, 0.2) is 5.50 Å². The van der Waals surface area contributed by atoms with Crippen molar-refractivity contribution in [3.63, 3.8) is 0 Å². The molecule has 1 aromatic rings. The van der Waals surface area contributed by atoms with Crippen LogP contribution in [0.25, 0.3) is 0 Å². The third kappa shape index (κ3) is 2.43. The van der Waals surface area contributed by atoms with Gasteiger partial charge in [0, 0.05) is 4.88 Å². The highest BCUT2D eigenvalue weighted by molar-refractivity contribution is 8.01. The topological polar surface area (TPSA) is 95.7 Å². The molecule has 19 heavy (non-hydrogen) atoms. The van der Waals surface area contributed by atoms with Gasteiger partial charge in [-0.15, -0.1) is 11.3 Å². The van der Waals surface area contributed by atoms with Crippen molar-refractivity contribution in [3.8, 4) is 0 Å². The summed E-state index contributed by atoms with van der Waals surface area (Å²) in [6.45, 7) is 5.38. The molecular weight excluding hydrogens is 286 g/mol. The Hall–Kier alpha value is -1.25. The number of carboxylic acids is 1. The Balaban J connectivity index is 2.28. The summed E-state index contributed by atoms with van der Waals surface area (Å²) in [6, 6.07) is 0. The Morgan fingerprint density at radius 3 is 2.79 bits per heavy atom. The first-order chi connectivity index (χ1) is 8.82. The predicted octanol–water partition coefficient (Wildman–Crippen LogP) is 1.60. The summed E-state index contributed by atoms with van der Waals surface area (Å²) in [7, 11) is 0. The van der Waals surface area contributed by atoms with Gasteiger partial charge in [-0.1, -0.05) is 11.8 Å². The number of thioether (sulfide) groups is 1. The Labute approximate surface area is 118 Å². The molecule has 0 spiro atoms. The molecule has 1 amide bonds. The van der Waals surface area contributed by atoms with Crippen LogP contribution in [0.2, 0.25) is 0 Å². The van der Waals surface area contributed by atoms with Gasteiger partial charge in [0.2, 0.25) is 0 Å². The highest BCUT2D eigenvalue weighted by Crippen LogP contribution is 2.38. The van der Waals surface area contributed by atoms with Crippen molar-refractivity contribution in [1.82, 2.24) is 5.01 Å². The maximum Gasteiger partial charge on any atom is 0.316 e. The molecule has 0 saturated heterocycles. The molecule has 1 aromatic heterocycles. The molecule has 2 heterocycles. The van der Waals surface area contributed by atoms with Gasteiger partial charge in [-0.25, -0.2) is 10.9 Å². The fourth-order valence-corrected chi connectivity index (χ4v) is 3.82. The maximum atomic E-state index is 12.2. The number of fused-ring (bicyclic) bond motifs is 1. The molecule has 0 aromatic carbocycles. The number of hydrogen-bond donors (Lipinski definition) is 3. The summed E-state index contributed by atoms with van der Waals surface area (Å²) in [4.78, 5) is 24.1. The van der Waals surface area contributed by atoms with Crippen LogP contribution < -0.4 is 11.2 Å². The van der Waals surface area contributed by atoms with Gasteiger partial charge in [-0.05, 0) is 26.3 Å². The molecule has 0 saturated carbocycles. The number of amides is 1. The average molecular weight is 301 g/mol. The van der Waals surface area contributed by atoms with Gasteiger partial charge in [-0.3, -0.25) is 9.59 Å². The van der Waals surface area contributed by atoms with Crippen molar-refractivity contribution in [2.75, 3.05) is 5.32 Å². The van der Waals surface area contributed by atoms with Crippen molar-refractivity contribution in [3.05, 3.63) is 16.0 Å². The zero-order chi connectivity index (χ0) is 14.3. The van der Waals surface area contributed by atoms with Crippen LogP contribution in [-0.2, 0) is 4.79 Å². The molecule has 2 rings (SSSR count). The average Bonchev–Trinajstić information content (AvgIpc) is 2.61. The fraction of sp³-hybridized carbons (Fsp3) is 0.455. The number of anilines is 1. The monoisotopic (exact) mass is 301 g/mol. The lowest BCUT2D eigenvalue weighted by atomic mass is 10.1. The van der Waals surface area contributed by atoms with Crippen LogP contribution in [0.1, 0.15) is 27.7 Å². The first-order valence-electron chi connectivity index (χ1n) is 5.66. The van der Waals surface area contributed by atoms with Crippen LogP contribution in [0.4, 0.5) is 5.00 Å². The molecule has 0 fully saturated rings. The molecule has 0 aliphatic carbocycles. The summed E-state index contributed by atoms with van der Waals surface area (Å²) in [5, 5.41) is 13.2. The number of rotatable bonds is 3. The SMILES string of the molecule is Cc1sc2c(c1C)C(=O)N(N)C(SC(C)C(=O)O)N2. The second-order valence-electron chi connectivity index (χ2n) is 4.31. The minimum atomic E-state index is -0.933. The number of carboxylic acid groups (broad SMARTS) is 1. The Kier molecular flexibility index (Phi) is 3.75. The molecule has 8 heteroatoms. The van der Waals surface area contributed by atoms with Crippen LogP contribution in [-0.4, -0.2) is 32.7 Å². The summed E-state index contributed by atoms with van der Waals surface area (Å²) in [6.07, 6.45) is 0. The molecule has 1 aliphatic rings. The molecule has 1 aliphatic heterocycles. The second kappa shape index (κ2) is 5.03. The Morgan fingerprint density at radius 1 is 1.58 bits per heavy atom. The summed E-state index contributed by atoms with van der Waals surface area (Å²) < 4.78 is 0. The number of hydrazine groups is 1. The van der Waals surface area contributed by atoms with E-state index in [2.05, 4.69) is 5.32 Å². The van der Waals surface area contributed by atoms with Gasteiger partial charge in [-0.2, -0.15) is 0 Å². The van der Waals surface area contributed by atoms with E-state index >= 15 is 0 Å². The molecule has 2 unspecified atom stereocenters. The molecule has 104 valence electrons. The second-order valence-corrected chi connectivity index (χ2v) is 6.96. The summed E-state index contributed by atoms with van der Waals surface area (Å²) >= 11 is 2.58. The van der Waals surface area contributed by atoms with E-state index in [1.54, 1.807) is 6.92 Å². The van der Waals surface area contributed by atoms with E-state index < -0.39 is 16.7 Å². The van der Waals surface area contributed by atoms with E-state index in [9.17, 15) is 9.59 Å². The van der Waals surface area contributed by atoms with E-state index in [4.69, 9.17) is 10.9 Å². The van der Waals surface area contributed by atoms with Gasteiger partial charge < -0.3 is 10.4 Å². The summed E-state index contributed by atoms with van der Waals surface area (Å²) in [5.41, 5.74) is 0.941. The number of carbonyl (C=O) groups is 2. The lowest BCUT2D eigenvalue weighted by molar-refractivity contribution is -0.136. The summed E-state index contributed by atoms with van der Waals surface area (Å²) in [5.74, 6) is 4.57. The zero-order valence-electron chi connectivity index (χ0n) is 10.8. The number of nitrogens with one attached hydrogen (secondary N) is 1. The highest BCUT2D eigenvalue weighted by atomic mass is 32.2. The number of thiophene rings is 1. The van der Waals surface area contributed by atoms with Crippen LogP contribution in [0.5, 0.6) is 0 Å². The van der Waals surface area contributed by atoms with E-state index in [0.29, 0.717) is 5.56 Å². The van der Waals surface area contributed by atoms with Gasteiger partial charge >= 0.3 is 5.97 Å². The third-order valence-electron chi connectivity index (χ3n) is 3.02. The van der Waals surface area contributed by atoms with Crippen molar-refractivity contribution in [2.45, 2.75) is 31.5 Å². The number of aryl methyl sites for hydroxylation is 1. The van der Waals surface area contributed by atoms with E-state index in [0.717, 1.165) is 32.2 Å². The maximum absolute atomic E-state index is 12.2.